The summed E-state index contributed by atoms with van der Waals surface area (Å²) in [7, 11) is 1.49. The van der Waals surface area contributed by atoms with Crippen LogP contribution in [0.4, 0.5) is 24.5 Å². The Hall–Kier alpha value is -3.59. The summed E-state index contributed by atoms with van der Waals surface area (Å²) in [5.74, 6) is -0.810. The van der Waals surface area contributed by atoms with Gasteiger partial charge >= 0.3 is 6.18 Å². The van der Waals surface area contributed by atoms with E-state index in [2.05, 4.69) is 5.32 Å². The van der Waals surface area contributed by atoms with E-state index in [0.29, 0.717) is 16.3 Å². The lowest BCUT2D eigenvalue weighted by molar-refractivity contribution is -0.137. The Labute approximate surface area is 185 Å². The summed E-state index contributed by atoms with van der Waals surface area (Å²) in [6, 6.07) is 12.7. The van der Waals surface area contributed by atoms with Crippen molar-refractivity contribution in [3.63, 3.8) is 0 Å². The Morgan fingerprint density at radius 3 is 2.31 bits per heavy atom. The molecule has 2 heterocycles. The second kappa shape index (κ2) is 8.16. The van der Waals surface area contributed by atoms with Crippen molar-refractivity contribution in [3.8, 4) is 5.75 Å². The van der Waals surface area contributed by atoms with E-state index in [-0.39, 0.29) is 17.0 Å². The van der Waals surface area contributed by atoms with E-state index >= 15 is 0 Å². The lowest BCUT2D eigenvalue weighted by Crippen LogP contribution is -2.32. The molecule has 2 aromatic carbocycles. The van der Waals surface area contributed by atoms with Crippen LogP contribution in [0.2, 0.25) is 0 Å². The fourth-order valence-corrected chi connectivity index (χ4v) is 4.15. The zero-order valence-electron chi connectivity index (χ0n) is 17.0. The van der Waals surface area contributed by atoms with Crippen LogP contribution in [0, 0.1) is 6.92 Å². The number of rotatable bonds is 5. The molecule has 0 fully saturated rings. The first-order valence-corrected chi connectivity index (χ1v) is 10.3. The summed E-state index contributed by atoms with van der Waals surface area (Å²) >= 11 is 1.28. The molecule has 3 aromatic rings. The highest BCUT2D eigenvalue weighted by Crippen LogP contribution is 2.38. The van der Waals surface area contributed by atoms with Crippen molar-refractivity contribution in [2.45, 2.75) is 13.1 Å². The molecule has 0 aliphatic carbocycles. The molecule has 4 rings (SSSR count). The topological polar surface area (TPSA) is 58.6 Å². The maximum Gasteiger partial charge on any atom is 0.416 e. The van der Waals surface area contributed by atoms with Gasteiger partial charge in [-0.3, -0.25) is 9.59 Å². The predicted octanol–water partition coefficient (Wildman–Crippen LogP) is 5.48. The number of carbonyl (C=O) groups is 2. The molecule has 9 heteroatoms. The Morgan fingerprint density at radius 2 is 1.72 bits per heavy atom. The number of carbonyl (C=O) groups excluding carboxylic acids is 2. The molecule has 1 aromatic heterocycles. The molecular formula is C23H17F3N2O3S. The van der Waals surface area contributed by atoms with Crippen LogP contribution >= 0.6 is 11.3 Å². The molecule has 1 aliphatic rings. The van der Waals surface area contributed by atoms with E-state index in [9.17, 15) is 22.8 Å². The number of amides is 2. The van der Waals surface area contributed by atoms with Gasteiger partial charge in [-0.1, -0.05) is 12.1 Å². The molecule has 1 N–H and O–H groups in total. The predicted molar refractivity (Wildman–Crippen MR) is 117 cm³/mol. The monoisotopic (exact) mass is 458 g/mol. The summed E-state index contributed by atoms with van der Waals surface area (Å²) in [4.78, 5) is 28.0. The van der Waals surface area contributed by atoms with E-state index in [1.807, 2.05) is 13.0 Å². The van der Waals surface area contributed by atoms with Crippen LogP contribution in [-0.2, 0) is 15.8 Å². The van der Waals surface area contributed by atoms with Gasteiger partial charge in [-0.25, -0.2) is 4.90 Å². The van der Waals surface area contributed by atoms with Gasteiger partial charge in [0, 0.05) is 4.88 Å². The van der Waals surface area contributed by atoms with Crippen LogP contribution in [-0.4, -0.2) is 18.9 Å². The molecule has 0 saturated carbocycles. The van der Waals surface area contributed by atoms with Gasteiger partial charge in [0.2, 0.25) is 0 Å². The summed E-state index contributed by atoms with van der Waals surface area (Å²) in [5.41, 5.74) is 0.759. The molecule has 5 nitrogen and oxygen atoms in total. The summed E-state index contributed by atoms with van der Waals surface area (Å²) in [6.45, 7) is 1.87. The minimum absolute atomic E-state index is 0.0289. The number of hydrogen-bond acceptors (Lipinski definition) is 5. The Morgan fingerprint density at radius 1 is 1.00 bits per heavy atom. The summed E-state index contributed by atoms with van der Waals surface area (Å²) < 4.78 is 44.1. The maximum absolute atomic E-state index is 13.3. The normalized spacial score (nSPS) is 14.3. The number of benzene rings is 2. The zero-order chi connectivity index (χ0) is 23.0. The minimum atomic E-state index is -4.52. The number of aryl methyl sites for hydroxylation is 1. The van der Waals surface area contributed by atoms with Crippen molar-refractivity contribution in [1.29, 1.82) is 0 Å². The maximum atomic E-state index is 13.3. The van der Waals surface area contributed by atoms with Crippen LogP contribution in [0.25, 0.3) is 5.57 Å². The molecule has 0 atom stereocenters. The summed E-state index contributed by atoms with van der Waals surface area (Å²) in [5, 5.41) is 4.79. The molecule has 0 spiro atoms. The fraction of sp³-hybridized carbons (Fsp3) is 0.130. The number of nitrogens with one attached hydrogen (secondary N) is 1. The number of anilines is 2. The molecule has 0 unspecified atom stereocenters. The van der Waals surface area contributed by atoms with Crippen molar-refractivity contribution in [2.24, 2.45) is 0 Å². The van der Waals surface area contributed by atoms with Crippen LogP contribution in [0.3, 0.4) is 0 Å². The van der Waals surface area contributed by atoms with Crippen molar-refractivity contribution >= 4 is 40.1 Å². The number of ether oxygens (including phenoxy) is 1. The number of imide groups is 1. The first kappa shape index (κ1) is 21.6. The second-order valence-electron chi connectivity index (χ2n) is 7.05. The Bertz CT molecular complexity index is 1220. The first-order valence-electron chi connectivity index (χ1n) is 9.46. The number of alkyl halides is 3. The highest BCUT2D eigenvalue weighted by molar-refractivity contribution is 7.11. The van der Waals surface area contributed by atoms with Gasteiger partial charge in [-0.2, -0.15) is 13.2 Å². The smallest absolute Gasteiger partial charge is 0.416 e. The lowest BCUT2D eigenvalue weighted by atomic mass is 10.1. The molecule has 1 aliphatic heterocycles. The third-order valence-electron chi connectivity index (χ3n) is 4.92. The van der Waals surface area contributed by atoms with Crippen molar-refractivity contribution in [2.75, 3.05) is 17.3 Å². The molecule has 0 radical (unpaired) electrons. The first-order chi connectivity index (χ1) is 15.2. The van der Waals surface area contributed by atoms with E-state index in [1.54, 1.807) is 29.6 Å². The van der Waals surface area contributed by atoms with Crippen molar-refractivity contribution in [3.05, 3.63) is 81.7 Å². The van der Waals surface area contributed by atoms with E-state index in [1.165, 1.54) is 18.4 Å². The highest BCUT2D eigenvalue weighted by atomic mass is 32.1. The quantitative estimate of drug-likeness (QED) is 0.515. The van der Waals surface area contributed by atoms with E-state index in [4.69, 9.17) is 4.74 Å². The number of halogens is 3. The third kappa shape index (κ3) is 3.87. The van der Waals surface area contributed by atoms with Crippen LogP contribution in [0.5, 0.6) is 5.75 Å². The van der Waals surface area contributed by atoms with E-state index in [0.717, 1.165) is 34.7 Å². The SMILES string of the molecule is COc1ccc(C)cc1NC1=C(c2cccs2)C(=O)N(c2ccc(C(F)(F)F)cc2)C1=O. The summed E-state index contributed by atoms with van der Waals surface area (Å²) in [6.07, 6.45) is -4.52. The second-order valence-corrected chi connectivity index (χ2v) is 7.99. The van der Waals surface area contributed by atoms with Crippen LogP contribution < -0.4 is 15.0 Å². The molecular weight excluding hydrogens is 441 g/mol. The van der Waals surface area contributed by atoms with Gasteiger partial charge in [-0.05, 0) is 60.3 Å². The standard InChI is InChI=1S/C23H17F3N2O3S/c1-13-5-10-17(31-2)16(12-13)27-20-19(18-4-3-11-32-18)21(29)28(22(20)30)15-8-6-14(7-9-15)23(24,25)26/h3-12,27H,1-2H3. The Kier molecular flexibility index (Phi) is 5.52. The fourth-order valence-electron chi connectivity index (χ4n) is 3.38. The van der Waals surface area contributed by atoms with Gasteiger partial charge in [0.25, 0.3) is 11.8 Å². The average Bonchev–Trinajstić information content (AvgIpc) is 3.35. The highest BCUT2D eigenvalue weighted by Gasteiger charge is 2.41. The Balaban J connectivity index is 1.78. The number of hydrogen-bond donors (Lipinski definition) is 1. The number of nitrogens with zero attached hydrogens (tertiary/aromatic N) is 1. The average molecular weight is 458 g/mol. The van der Waals surface area contributed by atoms with Gasteiger partial charge in [0.05, 0.1) is 29.6 Å². The molecule has 0 bridgehead atoms. The van der Waals surface area contributed by atoms with E-state index < -0.39 is 23.6 Å². The van der Waals surface area contributed by atoms with Crippen molar-refractivity contribution < 1.29 is 27.5 Å². The number of methoxy groups -OCH3 is 1. The van der Waals surface area contributed by atoms with Crippen LogP contribution in [0.15, 0.2) is 65.7 Å². The molecule has 0 saturated heterocycles. The minimum Gasteiger partial charge on any atom is -0.495 e. The van der Waals surface area contributed by atoms with Gasteiger partial charge in [0.15, 0.2) is 0 Å². The zero-order valence-corrected chi connectivity index (χ0v) is 17.8. The molecule has 164 valence electrons. The lowest BCUT2D eigenvalue weighted by Gasteiger charge is -2.17. The van der Waals surface area contributed by atoms with Crippen LogP contribution in [0.1, 0.15) is 16.0 Å². The number of thiophene rings is 1. The third-order valence-corrected chi connectivity index (χ3v) is 5.81. The van der Waals surface area contributed by atoms with Gasteiger partial charge in [0.1, 0.15) is 11.4 Å². The molecule has 2 amide bonds. The molecule has 32 heavy (non-hydrogen) atoms. The van der Waals surface area contributed by atoms with Gasteiger partial charge < -0.3 is 10.1 Å². The largest absolute Gasteiger partial charge is 0.495 e. The van der Waals surface area contributed by atoms with Gasteiger partial charge in [-0.15, -0.1) is 11.3 Å². The van der Waals surface area contributed by atoms with Crippen molar-refractivity contribution in [1.82, 2.24) is 0 Å².